The molecule has 0 amide bonds. The minimum absolute atomic E-state index is 0.111. The zero-order valence-electron chi connectivity index (χ0n) is 20.7. The fourth-order valence-electron chi connectivity index (χ4n) is 7.68. The summed E-state index contributed by atoms with van der Waals surface area (Å²) in [5, 5.41) is 55.3. The Kier molecular flexibility index (Phi) is 6.07. The molecule has 0 aromatic carbocycles. The van der Waals surface area contributed by atoms with Crippen molar-refractivity contribution >= 4 is 5.78 Å². The van der Waals surface area contributed by atoms with Crippen molar-refractivity contribution in [1.29, 1.82) is 0 Å². The summed E-state index contributed by atoms with van der Waals surface area (Å²) in [6, 6.07) is 0. The lowest BCUT2D eigenvalue weighted by molar-refractivity contribution is -0.155. The monoisotopic (exact) mass is 462 g/mol. The van der Waals surface area contributed by atoms with Gasteiger partial charge in [-0.1, -0.05) is 33.8 Å². The fourth-order valence-corrected chi connectivity index (χ4v) is 7.68. The highest BCUT2D eigenvalue weighted by Gasteiger charge is 2.67. The van der Waals surface area contributed by atoms with Gasteiger partial charge in [-0.2, -0.15) is 0 Å². The molecule has 4 aliphatic carbocycles. The maximum atomic E-state index is 13.2. The smallest absolute Gasteiger partial charge is 0.160 e. The summed E-state index contributed by atoms with van der Waals surface area (Å²) in [5.41, 5.74) is -2.53. The number of rotatable bonds is 5. The van der Waals surface area contributed by atoms with Gasteiger partial charge in [-0.3, -0.25) is 4.79 Å². The molecule has 4 aliphatic rings. The molecular weight excluding hydrogens is 420 g/mol. The van der Waals surface area contributed by atoms with Crippen LogP contribution in [0.3, 0.4) is 0 Å². The van der Waals surface area contributed by atoms with Gasteiger partial charge in [0.2, 0.25) is 0 Å². The van der Waals surface area contributed by atoms with Crippen molar-refractivity contribution < 1.29 is 30.3 Å². The van der Waals surface area contributed by atoms with E-state index in [-0.39, 0.29) is 24.5 Å². The van der Waals surface area contributed by atoms with Gasteiger partial charge >= 0.3 is 0 Å². The summed E-state index contributed by atoms with van der Waals surface area (Å²) in [7, 11) is 0. The van der Waals surface area contributed by atoms with Crippen molar-refractivity contribution in [3.05, 3.63) is 23.3 Å². The van der Waals surface area contributed by atoms with Gasteiger partial charge < -0.3 is 25.5 Å². The van der Waals surface area contributed by atoms with Crippen LogP contribution in [0.15, 0.2) is 23.3 Å². The van der Waals surface area contributed by atoms with Gasteiger partial charge in [0.15, 0.2) is 5.78 Å². The SMILES string of the molecule is CC(C)CC[C@H](O)[C@](C)(O)[C@H]1CC[C@@]2(O)C3=CC(=O)[C@@H]4C[C@@H](O)[C@@H](O)C[C@]4(C)C3=CC[C@]12C. The average molecular weight is 463 g/mol. The van der Waals surface area contributed by atoms with Crippen molar-refractivity contribution in [2.24, 2.45) is 28.6 Å². The first kappa shape index (κ1) is 25.1. The van der Waals surface area contributed by atoms with Gasteiger partial charge in [0.05, 0.1) is 29.5 Å². The Bertz CT molecular complexity index is 874. The van der Waals surface area contributed by atoms with Crippen LogP contribution in [0.2, 0.25) is 0 Å². The topological polar surface area (TPSA) is 118 Å². The van der Waals surface area contributed by atoms with Gasteiger partial charge in [0, 0.05) is 16.7 Å². The minimum atomic E-state index is -1.36. The van der Waals surface area contributed by atoms with Gasteiger partial charge in [-0.05, 0) is 80.9 Å². The second-order valence-corrected chi connectivity index (χ2v) is 12.4. The lowest BCUT2D eigenvalue weighted by Gasteiger charge is -2.57. The summed E-state index contributed by atoms with van der Waals surface area (Å²) < 4.78 is 0. The van der Waals surface area contributed by atoms with Crippen molar-refractivity contribution in [2.45, 2.75) is 109 Å². The Morgan fingerprint density at radius 3 is 2.45 bits per heavy atom. The minimum Gasteiger partial charge on any atom is -0.390 e. The summed E-state index contributed by atoms with van der Waals surface area (Å²) in [4.78, 5) is 13.2. The van der Waals surface area contributed by atoms with E-state index < -0.39 is 46.3 Å². The van der Waals surface area contributed by atoms with Crippen LogP contribution in [0.4, 0.5) is 0 Å². The highest BCUT2D eigenvalue weighted by atomic mass is 16.3. The first-order valence-corrected chi connectivity index (χ1v) is 12.6. The molecule has 2 saturated carbocycles. The standard InChI is InChI=1S/C27H42O6/c1-15(2)6-7-23(31)26(5,32)22-9-11-27(33)17-12-19(28)18-13-20(29)21(30)14-24(18,3)16(17)8-10-25(22,27)4/h8,12,15,18,20-23,29-33H,6-7,9-11,13-14H2,1-5H3/t18-,20+,21-,22-,23-,24+,25+,26+,27+/m0/s1. The Balaban J connectivity index is 1.72. The van der Waals surface area contributed by atoms with Crippen LogP contribution < -0.4 is 0 Å². The van der Waals surface area contributed by atoms with Gasteiger partial charge in [0.1, 0.15) is 0 Å². The molecule has 0 aliphatic heterocycles. The maximum absolute atomic E-state index is 13.2. The highest BCUT2D eigenvalue weighted by molar-refractivity contribution is 5.97. The largest absolute Gasteiger partial charge is 0.390 e. The summed E-state index contributed by atoms with van der Waals surface area (Å²) >= 11 is 0. The summed E-state index contributed by atoms with van der Waals surface area (Å²) in [6.45, 7) is 9.81. The van der Waals surface area contributed by atoms with Crippen LogP contribution in [0.25, 0.3) is 0 Å². The van der Waals surface area contributed by atoms with Gasteiger partial charge in [-0.25, -0.2) is 0 Å². The number of hydrogen-bond donors (Lipinski definition) is 5. The number of allylic oxidation sites excluding steroid dienone is 2. The zero-order valence-corrected chi connectivity index (χ0v) is 20.7. The third kappa shape index (κ3) is 3.51. The van der Waals surface area contributed by atoms with Gasteiger partial charge in [-0.15, -0.1) is 0 Å². The predicted octanol–water partition coefficient (Wildman–Crippen LogP) is 2.66. The molecule has 33 heavy (non-hydrogen) atoms. The maximum Gasteiger partial charge on any atom is 0.160 e. The van der Waals surface area contributed by atoms with Crippen LogP contribution in [0.1, 0.15) is 79.6 Å². The van der Waals surface area contributed by atoms with E-state index in [2.05, 4.69) is 19.9 Å². The molecule has 0 saturated heterocycles. The Morgan fingerprint density at radius 2 is 1.82 bits per heavy atom. The third-order valence-corrected chi connectivity index (χ3v) is 9.94. The van der Waals surface area contributed by atoms with Crippen LogP contribution in [0, 0.1) is 28.6 Å². The number of carbonyl (C=O) groups is 1. The number of aliphatic hydroxyl groups excluding tert-OH is 3. The van der Waals surface area contributed by atoms with Crippen LogP contribution in [-0.4, -0.2) is 60.8 Å². The molecule has 0 spiro atoms. The molecule has 0 heterocycles. The van der Waals surface area contributed by atoms with E-state index in [4.69, 9.17) is 0 Å². The highest BCUT2D eigenvalue weighted by Crippen LogP contribution is 2.66. The number of hydrogen-bond acceptors (Lipinski definition) is 6. The number of fused-ring (bicyclic) bond motifs is 5. The van der Waals surface area contributed by atoms with E-state index in [0.717, 1.165) is 12.0 Å². The normalized spacial score (nSPS) is 45.5. The number of carbonyl (C=O) groups excluding carboxylic acids is 1. The third-order valence-electron chi connectivity index (χ3n) is 9.94. The quantitative estimate of drug-likeness (QED) is 0.429. The second kappa shape index (κ2) is 7.99. The molecule has 5 N–H and O–H groups in total. The molecular formula is C27H42O6. The van der Waals surface area contributed by atoms with E-state index >= 15 is 0 Å². The lowest BCUT2D eigenvalue weighted by atomic mass is 9.49. The van der Waals surface area contributed by atoms with Crippen molar-refractivity contribution in [1.82, 2.24) is 0 Å². The average Bonchev–Trinajstić information content (AvgIpc) is 3.00. The molecule has 0 unspecified atom stereocenters. The van der Waals surface area contributed by atoms with Crippen LogP contribution in [-0.2, 0) is 4.79 Å². The van der Waals surface area contributed by atoms with E-state index in [0.29, 0.717) is 37.2 Å². The van der Waals surface area contributed by atoms with Crippen molar-refractivity contribution in [3.8, 4) is 0 Å². The number of ketones is 1. The molecule has 0 aromatic rings. The van der Waals surface area contributed by atoms with Crippen molar-refractivity contribution in [2.75, 3.05) is 0 Å². The van der Waals surface area contributed by atoms with E-state index in [1.165, 1.54) is 0 Å². The first-order valence-electron chi connectivity index (χ1n) is 12.6. The Morgan fingerprint density at radius 1 is 1.15 bits per heavy atom. The molecule has 186 valence electrons. The Labute approximate surface area is 197 Å². The molecule has 0 aromatic heterocycles. The Hall–Kier alpha value is -1.05. The summed E-state index contributed by atoms with van der Waals surface area (Å²) in [6.07, 6.45) is 4.19. The molecule has 4 rings (SSSR count). The lowest BCUT2D eigenvalue weighted by Crippen LogP contribution is -2.60. The van der Waals surface area contributed by atoms with Crippen LogP contribution in [0.5, 0.6) is 0 Å². The van der Waals surface area contributed by atoms with E-state index in [9.17, 15) is 30.3 Å². The zero-order chi connectivity index (χ0) is 24.6. The first-order chi connectivity index (χ1) is 15.2. The molecule has 6 nitrogen and oxygen atoms in total. The second-order valence-electron chi connectivity index (χ2n) is 12.4. The van der Waals surface area contributed by atoms with Crippen molar-refractivity contribution in [3.63, 3.8) is 0 Å². The van der Waals surface area contributed by atoms with Crippen LogP contribution >= 0.6 is 0 Å². The van der Waals surface area contributed by atoms with E-state index in [1.54, 1.807) is 13.0 Å². The van der Waals surface area contributed by atoms with Gasteiger partial charge in [0.25, 0.3) is 0 Å². The predicted molar refractivity (Wildman–Crippen MR) is 125 cm³/mol. The molecule has 0 radical (unpaired) electrons. The molecule has 0 bridgehead atoms. The molecule has 2 fully saturated rings. The number of aliphatic hydroxyl groups is 5. The molecule has 9 atom stereocenters. The van der Waals surface area contributed by atoms with E-state index in [1.807, 2.05) is 13.8 Å². The fraction of sp³-hybridized carbons (Fsp3) is 0.815. The summed E-state index contributed by atoms with van der Waals surface area (Å²) in [5.74, 6) is -0.448. The molecule has 6 heteroatoms.